The smallest absolute Gasteiger partial charge is 0.124 e. The van der Waals surface area contributed by atoms with Crippen LogP contribution in [0.2, 0.25) is 0 Å². The summed E-state index contributed by atoms with van der Waals surface area (Å²) in [5, 5.41) is 0. The van der Waals surface area contributed by atoms with Crippen molar-refractivity contribution in [3.8, 4) is 11.5 Å². The molecule has 3 nitrogen and oxygen atoms in total. The maximum absolute atomic E-state index is 6.43. The summed E-state index contributed by atoms with van der Waals surface area (Å²) in [4.78, 5) is 0. The van der Waals surface area contributed by atoms with E-state index in [1.54, 1.807) is 14.2 Å². The minimum atomic E-state index is -0.266. The van der Waals surface area contributed by atoms with Gasteiger partial charge in [0.1, 0.15) is 11.5 Å². The summed E-state index contributed by atoms with van der Waals surface area (Å²) in [5.74, 6) is 1.53. The van der Waals surface area contributed by atoms with Crippen LogP contribution in [0.25, 0.3) is 0 Å². The van der Waals surface area contributed by atoms with Crippen LogP contribution >= 0.6 is 15.9 Å². The SMILES string of the molecule is COc1ccc(OC)c(C(N)c2cc(Br)ccc2C)c1. The van der Waals surface area contributed by atoms with Crippen LogP contribution in [0.15, 0.2) is 40.9 Å². The van der Waals surface area contributed by atoms with Crippen molar-refractivity contribution in [3.63, 3.8) is 0 Å². The standard InChI is InChI=1S/C16H18BrNO2/c1-10-4-5-11(17)8-13(10)16(18)14-9-12(19-2)6-7-15(14)20-3/h4-9,16H,18H2,1-3H3. The van der Waals surface area contributed by atoms with Crippen molar-refractivity contribution in [1.29, 1.82) is 0 Å². The summed E-state index contributed by atoms with van der Waals surface area (Å²) in [6.45, 7) is 2.05. The Bertz CT molecular complexity index is 613. The molecule has 1 atom stereocenters. The lowest BCUT2D eigenvalue weighted by molar-refractivity contribution is 0.397. The highest BCUT2D eigenvalue weighted by atomic mass is 79.9. The molecule has 0 saturated heterocycles. The van der Waals surface area contributed by atoms with E-state index in [9.17, 15) is 0 Å². The highest BCUT2D eigenvalue weighted by molar-refractivity contribution is 9.10. The molecule has 1 unspecified atom stereocenters. The van der Waals surface area contributed by atoms with E-state index in [0.717, 1.165) is 32.7 Å². The van der Waals surface area contributed by atoms with Crippen LogP contribution in [0.3, 0.4) is 0 Å². The zero-order chi connectivity index (χ0) is 14.7. The summed E-state index contributed by atoms with van der Waals surface area (Å²) >= 11 is 3.49. The maximum Gasteiger partial charge on any atom is 0.124 e. The topological polar surface area (TPSA) is 44.5 Å². The van der Waals surface area contributed by atoms with Crippen molar-refractivity contribution in [3.05, 3.63) is 57.6 Å². The van der Waals surface area contributed by atoms with Crippen LogP contribution in [-0.4, -0.2) is 14.2 Å². The Morgan fingerprint density at radius 2 is 1.75 bits per heavy atom. The number of methoxy groups -OCH3 is 2. The molecule has 0 aliphatic rings. The minimum Gasteiger partial charge on any atom is -0.497 e. The van der Waals surface area contributed by atoms with Gasteiger partial charge < -0.3 is 15.2 Å². The zero-order valence-electron chi connectivity index (χ0n) is 11.8. The van der Waals surface area contributed by atoms with Gasteiger partial charge >= 0.3 is 0 Å². The summed E-state index contributed by atoms with van der Waals surface area (Å²) in [7, 11) is 3.28. The normalized spacial score (nSPS) is 12.1. The van der Waals surface area contributed by atoms with E-state index in [1.165, 1.54) is 0 Å². The highest BCUT2D eigenvalue weighted by Crippen LogP contribution is 2.33. The fourth-order valence-corrected chi connectivity index (χ4v) is 2.58. The molecule has 2 aromatic carbocycles. The van der Waals surface area contributed by atoms with Crippen LogP contribution in [0.1, 0.15) is 22.7 Å². The first kappa shape index (κ1) is 14.9. The third kappa shape index (κ3) is 2.97. The van der Waals surface area contributed by atoms with Gasteiger partial charge in [0.05, 0.1) is 20.3 Å². The first-order valence-electron chi connectivity index (χ1n) is 6.30. The van der Waals surface area contributed by atoms with E-state index in [0.29, 0.717) is 0 Å². The van der Waals surface area contributed by atoms with Gasteiger partial charge in [-0.25, -0.2) is 0 Å². The number of hydrogen-bond donors (Lipinski definition) is 1. The van der Waals surface area contributed by atoms with Crippen molar-refractivity contribution in [1.82, 2.24) is 0 Å². The second-order valence-corrected chi connectivity index (χ2v) is 5.50. The summed E-state index contributed by atoms with van der Waals surface area (Å²) in [6, 6.07) is 11.5. The number of rotatable bonds is 4. The zero-order valence-corrected chi connectivity index (χ0v) is 13.4. The predicted octanol–water partition coefficient (Wildman–Crippen LogP) is 3.82. The highest BCUT2D eigenvalue weighted by Gasteiger charge is 2.17. The molecule has 2 aromatic rings. The number of aryl methyl sites for hydroxylation is 1. The van der Waals surface area contributed by atoms with E-state index in [-0.39, 0.29) is 6.04 Å². The predicted molar refractivity (Wildman–Crippen MR) is 84.5 cm³/mol. The minimum absolute atomic E-state index is 0.266. The Balaban J connectivity index is 2.51. The molecule has 2 N–H and O–H groups in total. The van der Waals surface area contributed by atoms with E-state index in [2.05, 4.69) is 15.9 Å². The molecule has 0 saturated carbocycles. The Labute approximate surface area is 127 Å². The number of benzene rings is 2. The molecule has 0 heterocycles. The van der Waals surface area contributed by atoms with Crippen molar-refractivity contribution < 1.29 is 9.47 Å². The first-order valence-corrected chi connectivity index (χ1v) is 7.09. The second-order valence-electron chi connectivity index (χ2n) is 4.59. The molecule has 106 valence electrons. The number of hydrogen-bond acceptors (Lipinski definition) is 3. The van der Waals surface area contributed by atoms with Gasteiger partial charge in [0.15, 0.2) is 0 Å². The number of nitrogens with two attached hydrogens (primary N) is 1. The number of ether oxygens (including phenoxy) is 2. The fraction of sp³-hybridized carbons (Fsp3) is 0.250. The molecule has 0 amide bonds. The number of halogens is 1. The maximum atomic E-state index is 6.43. The van der Waals surface area contributed by atoms with Crippen molar-refractivity contribution in [2.45, 2.75) is 13.0 Å². The monoisotopic (exact) mass is 335 g/mol. The van der Waals surface area contributed by atoms with Crippen LogP contribution < -0.4 is 15.2 Å². The third-order valence-corrected chi connectivity index (χ3v) is 3.84. The Hall–Kier alpha value is -1.52. The van der Waals surface area contributed by atoms with E-state index in [4.69, 9.17) is 15.2 Å². The van der Waals surface area contributed by atoms with Crippen LogP contribution in [0.4, 0.5) is 0 Å². The summed E-state index contributed by atoms with van der Waals surface area (Å²) < 4.78 is 11.7. The average Bonchev–Trinajstić information content (AvgIpc) is 2.48. The van der Waals surface area contributed by atoms with E-state index >= 15 is 0 Å². The third-order valence-electron chi connectivity index (χ3n) is 3.35. The lowest BCUT2D eigenvalue weighted by Crippen LogP contribution is -2.14. The molecule has 0 fully saturated rings. The molecule has 0 spiro atoms. The molecule has 0 radical (unpaired) electrons. The lowest BCUT2D eigenvalue weighted by Gasteiger charge is -2.19. The molecular formula is C16H18BrNO2. The second kappa shape index (κ2) is 6.29. The lowest BCUT2D eigenvalue weighted by atomic mass is 9.95. The summed E-state index contributed by atoms with van der Waals surface area (Å²) in [5.41, 5.74) is 9.54. The van der Waals surface area contributed by atoms with Gasteiger partial charge in [0.2, 0.25) is 0 Å². The molecule has 20 heavy (non-hydrogen) atoms. The molecule has 4 heteroatoms. The van der Waals surface area contributed by atoms with Gasteiger partial charge in [-0.1, -0.05) is 22.0 Å². The Morgan fingerprint density at radius 3 is 2.40 bits per heavy atom. The Morgan fingerprint density at radius 1 is 1.00 bits per heavy atom. The van der Waals surface area contributed by atoms with Crippen molar-refractivity contribution in [2.75, 3.05) is 14.2 Å². The fourth-order valence-electron chi connectivity index (χ4n) is 2.20. The van der Waals surface area contributed by atoms with E-state index < -0.39 is 0 Å². The molecule has 0 aliphatic carbocycles. The molecule has 0 bridgehead atoms. The van der Waals surface area contributed by atoms with Gasteiger partial charge in [0, 0.05) is 10.0 Å². The quantitative estimate of drug-likeness (QED) is 0.923. The van der Waals surface area contributed by atoms with Gasteiger partial charge in [-0.15, -0.1) is 0 Å². The van der Waals surface area contributed by atoms with E-state index in [1.807, 2.05) is 43.3 Å². The van der Waals surface area contributed by atoms with Crippen LogP contribution in [0, 0.1) is 6.92 Å². The largest absolute Gasteiger partial charge is 0.497 e. The molecular weight excluding hydrogens is 318 g/mol. The molecule has 0 aliphatic heterocycles. The van der Waals surface area contributed by atoms with Gasteiger partial charge in [-0.3, -0.25) is 0 Å². The van der Waals surface area contributed by atoms with Crippen molar-refractivity contribution >= 4 is 15.9 Å². The van der Waals surface area contributed by atoms with Gasteiger partial charge in [-0.2, -0.15) is 0 Å². The van der Waals surface area contributed by atoms with Crippen LogP contribution in [-0.2, 0) is 0 Å². The van der Waals surface area contributed by atoms with Crippen LogP contribution in [0.5, 0.6) is 11.5 Å². The first-order chi connectivity index (χ1) is 9.56. The molecule has 0 aromatic heterocycles. The summed E-state index contributed by atoms with van der Waals surface area (Å²) in [6.07, 6.45) is 0. The molecule has 2 rings (SSSR count). The van der Waals surface area contributed by atoms with Crippen molar-refractivity contribution in [2.24, 2.45) is 5.73 Å². The average molecular weight is 336 g/mol. The van der Waals surface area contributed by atoms with Gasteiger partial charge in [-0.05, 0) is 48.4 Å². The van der Waals surface area contributed by atoms with Gasteiger partial charge in [0.25, 0.3) is 0 Å². The Kier molecular flexibility index (Phi) is 4.68.